The molecule has 0 unspecified atom stereocenters. The minimum atomic E-state index is -0.216. The second-order valence-corrected chi connectivity index (χ2v) is 10.5. The van der Waals surface area contributed by atoms with Crippen LogP contribution in [-0.4, -0.2) is 54.3 Å². The molecule has 5 fully saturated rings. The molecule has 4 saturated carbocycles. The summed E-state index contributed by atoms with van der Waals surface area (Å²) in [5, 5.41) is 3.03. The molecule has 1 N–H and O–H groups in total. The minimum Gasteiger partial charge on any atom is -0.347 e. The molecule has 0 aromatic heterocycles. The highest BCUT2D eigenvalue weighted by molar-refractivity contribution is 5.88. The quantitative estimate of drug-likeness (QED) is 0.785. The fourth-order valence-electron chi connectivity index (χ4n) is 7.07. The molecule has 4 aliphatic carbocycles. The van der Waals surface area contributed by atoms with Crippen LogP contribution in [0, 0.1) is 29.0 Å². The summed E-state index contributed by atoms with van der Waals surface area (Å²) in [6.07, 6.45) is 7.94. The van der Waals surface area contributed by atoms with Gasteiger partial charge in [0, 0.05) is 38.1 Å². The Kier molecular flexibility index (Phi) is 5.76. The number of nitrogens with one attached hydrogen (secondary N) is 1. The van der Waals surface area contributed by atoms with Crippen LogP contribution in [0.5, 0.6) is 0 Å². The van der Waals surface area contributed by atoms with Crippen molar-refractivity contribution in [1.29, 1.82) is 0 Å². The van der Waals surface area contributed by atoms with Gasteiger partial charge in [-0.25, -0.2) is 4.39 Å². The van der Waals surface area contributed by atoms with Crippen molar-refractivity contribution in [2.75, 3.05) is 32.7 Å². The van der Waals surface area contributed by atoms with Gasteiger partial charge in [-0.3, -0.25) is 14.5 Å². The van der Waals surface area contributed by atoms with E-state index >= 15 is 0 Å². The van der Waals surface area contributed by atoms with Crippen LogP contribution in [0.1, 0.15) is 50.5 Å². The third kappa shape index (κ3) is 4.50. The van der Waals surface area contributed by atoms with Crippen LogP contribution < -0.4 is 5.32 Å². The van der Waals surface area contributed by atoms with Crippen LogP contribution in [0.2, 0.25) is 0 Å². The molecule has 6 heteroatoms. The van der Waals surface area contributed by atoms with Crippen molar-refractivity contribution < 1.29 is 14.0 Å². The Morgan fingerprint density at radius 1 is 0.935 bits per heavy atom. The summed E-state index contributed by atoms with van der Waals surface area (Å²) in [5.74, 6) is 2.13. The Bertz CT molecular complexity index is 789. The molecule has 6 rings (SSSR count). The molecule has 1 heterocycles. The number of rotatable bonds is 5. The third-order valence-corrected chi connectivity index (χ3v) is 8.18. The number of hydrogen-bond acceptors (Lipinski definition) is 3. The fourth-order valence-corrected chi connectivity index (χ4v) is 7.07. The fraction of sp³-hybridized carbons (Fsp3) is 0.680. The normalized spacial score (nSPS) is 32.7. The molecule has 0 spiro atoms. The van der Waals surface area contributed by atoms with E-state index in [2.05, 4.69) is 10.2 Å². The van der Waals surface area contributed by atoms with Crippen LogP contribution in [-0.2, 0) is 16.1 Å². The van der Waals surface area contributed by atoms with Gasteiger partial charge in [-0.05, 0) is 80.4 Å². The number of nitrogens with zero attached hydrogens (tertiary/aromatic N) is 2. The van der Waals surface area contributed by atoms with E-state index in [1.54, 1.807) is 0 Å². The highest BCUT2D eigenvalue weighted by atomic mass is 19.1. The zero-order valence-corrected chi connectivity index (χ0v) is 18.3. The average molecular weight is 428 g/mol. The van der Waals surface area contributed by atoms with Crippen molar-refractivity contribution in [3.63, 3.8) is 0 Å². The maximum Gasteiger partial charge on any atom is 0.242 e. The van der Waals surface area contributed by atoms with Crippen LogP contribution in [0.15, 0.2) is 24.3 Å². The molecule has 0 radical (unpaired) electrons. The van der Waals surface area contributed by atoms with Gasteiger partial charge < -0.3 is 10.2 Å². The molecular formula is C25H34FN3O2. The van der Waals surface area contributed by atoms with Gasteiger partial charge in [-0.1, -0.05) is 12.1 Å². The van der Waals surface area contributed by atoms with Gasteiger partial charge in [-0.2, -0.15) is 0 Å². The molecule has 4 bridgehead atoms. The number of carbonyl (C=O) groups is 2. The zero-order chi connectivity index (χ0) is 21.4. The number of hydrogen-bond donors (Lipinski definition) is 1. The van der Waals surface area contributed by atoms with Gasteiger partial charge in [0.25, 0.3) is 0 Å². The van der Waals surface area contributed by atoms with Gasteiger partial charge in [0.05, 0.1) is 6.54 Å². The topological polar surface area (TPSA) is 52.7 Å². The van der Waals surface area contributed by atoms with Crippen LogP contribution in [0.4, 0.5) is 4.39 Å². The smallest absolute Gasteiger partial charge is 0.242 e. The number of halogens is 1. The zero-order valence-electron chi connectivity index (χ0n) is 18.3. The summed E-state index contributed by atoms with van der Waals surface area (Å²) < 4.78 is 13.1. The van der Waals surface area contributed by atoms with Crippen molar-refractivity contribution in [2.24, 2.45) is 23.2 Å². The number of benzene rings is 1. The lowest BCUT2D eigenvalue weighted by molar-refractivity contribution is -0.148. The van der Waals surface area contributed by atoms with E-state index in [4.69, 9.17) is 0 Å². The Balaban J connectivity index is 1.11. The highest BCUT2D eigenvalue weighted by Crippen LogP contribution is 2.60. The van der Waals surface area contributed by atoms with E-state index in [0.717, 1.165) is 75.2 Å². The number of carbonyl (C=O) groups excluding carboxylic acids is 2. The van der Waals surface area contributed by atoms with E-state index in [0.29, 0.717) is 6.54 Å². The first-order valence-corrected chi connectivity index (χ1v) is 12.0. The number of amides is 2. The summed E-state index contributed by atoms with van der Waals surface area (Å²) in [5.41, 5.74) is 0.892. The standard InChI is InChI=1S/C25H34FN3O2/c26-22-4-2-18(3-5-22)17-28-6-1-7-29(9-8-28)23(30)16-27-24(31)25-13-19-10-20(14-25)12-21(11-19)15-25/h2-5,19-21H,1,6-17H2,(H,27,31). The summed E-state index contributed by atoms with van der Waals surface area (Å²) in [4.78, 5) is 30.2. The SMILES string of the molecule is O=C(CNC(=O)C12CC3CC(CC(C3)C1)C2)N1CCCN(Cc2ccc(F)cc2)CC1. The summed E-state index contributed by atoms with van der Waals surface area (Å²) in [6, 6.07) is 6.64. The first-order chi connectivity index (χ1) is 15.0. The van der Waals surface area contributed by atoms with Gasteiger partial charge in [0.1, 0.15) is 5.82 Å². The Hall–Kier alpha value is -1.95. The lowest BCUT2D eigenvalue weighted by atomic mass is 9.49. The molecule has 5 aliphatic rings. The van der Waals surface area contributed by atoms with Crippen LogP contribution in [0.3, 0.4) is 0 Å². The summed E-state index contributed by atoms with van der Waals surface area (Å²) in [7, 11) is 0. The van der Waals surface area contributed by atoms with E-state index in [1.807, 2.05) is 17.0 Å². The van der Waals surface area contributed by atoms with Crippen molar-refractivity contribution in [1.82, 2.24) is 15.1 Å². The van der Waals surface area contributed by atoms with Crippen molar-refractivity contribution in [3.8, 4) is 0 Å². The van der Waals surface area contributed by atoms with E-state index in [9.17, 15) is 14.0 Å². The molecule has 1 aliphatic heterocycles. The van der Waals surface area contributed by atoms with Crippen molar-refractivity contribution in [3.05, 3.63) is 35.6 Å². The second kappa shape index (κ2) is 8.53. The van der Waals surface area contributed by atoms with Gasteiger partial charge in [0.15, 0.2) is 0 Å². The Morgan fingerprint density at radius 2 is 1.58 bits per heavy atom. The predicted octanol–water partition coefficient (Wildman–Crippen LogP) is 3.19. The molecule has 168 valence electrons. The van der Waals surface area contributed by atoms with Crippen LogP contribution in [0.25, 0.3) is 0 Å². The van der Waals surface area contributed by atoms with E-state index in [1.165, 1.54) is 31.4 Å². The molecule has 1 aromatic carbocycles. The first-order valence-electron chi connectivity index (χ1n) is 12.0. The van der Waals surface area contributed by atoms with Crippen molar-refractivity contribution >= 4 is 11.8 Å². The second-order valence-electron chi connectivity index (χ2n) is 10.5. The highest BCUT2D eigenvalue weighted by Gasteiger charge is 2.54. The first kappa shape index (κ1) is 20.9. The van der Waals surface area contributed by atoms with Gasteiger partial charge in [0.2, 0.25) is 11.8 Å². The lowest BCUT2D eigenvalue weighted by Crippen LogP contribution is -2.54. The lowest BCUT2D eigenvalue weighted by Gasteiger charge is -2.55. The Morgan fingerprint density at radius 3 is 2.23 bits per heavy atom. The van der Waals surface area contributed by atoms with Crippen molar-refractivity contribution in [2.45, 2.75) is 51.5 Å². The predicted molar refractivity (Wildman–Crippen MR) is 116 cm³/mol. The molecule has 1 aromatic rings. The van der Waals surface area contributed by atoms with E-state index in [-0.39, 0.29) is 29.6 Å². The third-order valence-electron chi connectivity index (χ3n) is 8.18. The molecule has 5 nitrogen and oxygen atoms in total. The molecule has 31 heavy (non-hydrogen) atoms. The molecular weight excluding hydrogens is 393 g/mol. The van der Waals surface area contributed by atoms with E-state index < -0.39 is 0 Å². The van der Waals surface area contributed by atoms with Gasteiger partial charge in [-0.15, -0.1) is 0 Å². The summed E-state index contributed by atoms with van der Waals surface area (Å²) in [6.45, 7) is 4.01. The molecule has 2 amide bonds. The molecule has 0 atom stereocenters. The maximum absolute atomic E-state index is 13.1. The maximum atomic E-state index is 13.1. The monoisotopic (exact) mass is 427 g/mol. The Labute approximate surface area is 184 Å². The van der Waals surface area contributed by atoms with Crippen LogP contribution >= 0.6 is 0 Å². The average Bonchev–Trinajstić information content (AvgIpc) is 2.98. The minimum absolute atomic E-state index is 0.0294. The largest absolute Gasteiger partial charge is 0.347 e. The summed E-state index contributed by atoms with van der Waals surface area (Å²) >= 11 is 0. The molecule has 1 saturated heterocycles. The van der Waals surface area contributed by atoms with Gasteiger partial charge >= 0.3 is 0 Å².